The lowest BCUT2D eigenvalue weighted by Crippen LogP contribution is -2.40. The smallest absolute Gasteiger partial charge is 0.139 e. The summed E-state index contributed by atoms with van der Waals surface area (Å²) in [6.07, 6.45) is 5.15. The Labute approximate surface area is 136 Å². The molecule has 2 aliphatic rings. The van der Waals surface area contributed by atoms with E-state index in [0.29, 0.717) is 0 Å². The van der Waals surface area contributed by atoms with E-state index in [1.54, 1.807) is 0 Å². The van der Waals surface area contributed by atoms with Crippen molar-refractivity contribution in [2.45, 2.75) is 45.2 Å². The Balaban J connectivity index is 1.60. The Morgan fingerprint density at radius 2 is 2.14 bits per heavy atom. The van der Waals surface area contributed by atoms with Crippen LogP contribution >= 0.6 is 11.6 Å². The zero-order valence-electron chi connectivity index (χ0n) is 13.0. The molecule has 2 unspecified atom stereocenters. The van der Waals surface area contributed by atoms with Gasteiger partial charge in [-0.15, -0.1) is 0 Å². The summed E-state index contributed by atoms with van der Waals surface area (Å²) in [6.45, 7) is 4.53. The fraction of sp³-hybridized carbons (Fsp3) is 0.500. The molecule has 1 aromatic heterocycles. The fourth-order valence-corrected chi connectivity index (χ4v) is 4.27. The van der Waals surface area contributed by atoms with Gasteiger partial charge in [0.15, 0.2) is 0 Å². The minimum atomic E-state index is 0.750. The van der Waals surface area contributed by atoms with Gasteiger partial charge in [-0.05, 0) is 30.9 Å². The van der Waals surface area contributed by atoms with Crippen molar-refractivity contribution in [2.75, 3.05) is 6.54 Å². The summed E-state index contributed by atoms with van der Waals surface area (Å²) in [5, 5.41) is 0.759. The average Bonchev–Trinajstić information content (AvgIpc) is 3.12. The molecule has 1 saturated carbocycles. The molecule has 2 aromatic rings. The summed E-state index contributed by atoms with van der Waals surface area (Å²) in [6, 6.07) is 8.67. The van der Waals surface area contributed by atoms with Crippen LogP contribution in [-0.4, -0.2) is 27.5 Å². The van der Waals surface area contributed by atoms with Crippen molar-refractivity contribution in [2.24, 2.45) is 5.92 Å². The molecule has 0 spiro atoms. The Kier molecular flexibility index (Phi) is 3.71. The third-order valence-corrected chi connectivity index (χ3v) is 5.61. The molecular formula is C18H22ClN3. The highest BCUT2D eigenvalue weighted by molar-refractivity contribution is 6.33. The number of halogens is 1. The standard InChI is InChI=1S/C18H22ClN3/c1-12-5-4-8-17(12)22-10-9-15-16(11-22)21-18(20-15)13-6-2-3-7-14(13)19/h2-3,6-7,12,17H,4-5,8-11H2,1H3,(H,20,21). The van der Waals surface area contributed by atoms with E-state index < -0.39 is 0 Å². The lowest BCUT2D eigenvalue weighted by molar-refractivity contribution is 0.148. The summed E-state index contributed by atoms with van der Waals surface area (Å²) in [4.78, 5) is 11.0. The van der Waals surface area contributed by atoms with Crippen LogP contribution in [0.4, 0.5) is 0 Å². The first-order valence-electron chi connectivity index (χ1n) is 8.29. The van der Waals surface area contributed by atoms with Gasteiger partial charge < -0.3 is 4.98 Å². The molecule has 3 nitrogen and oxygen atoms in total. The molecule has 0 amide bonds. The summed E-state index contributed by atoms with van der Waals surface area (Å²) in [5.41, 5.74) is 3.50. The quantitative estimate of drug-likeness (QED) is 0.897. The number of nitrogens with one attached hydrogen (secondary N) is 1. The third kappa shape index (κ3) is 2.46. The maximum Gasteiger partial charge on any atom is 0.139 e. The van der Waals surface area contributed by atoms with Crippen molar-refractivity contribution in [3.05, 3.63) is 40.7 Å². The molecular weight excluding hydrogens is 294 g/mol. The highest BCUT2D eigenvalue weighted by atomic mass is 35.5. The van der Waals surface area contributed by atoms with E-state index in [1.807, 2.05) is 24.3 Å². The molecule has 22 heavy (non-hydrogen) atoms. The van der Waals surface area contributed by atoms with Crippen molar-refractivity contribution in [1.82, 2.24) is 14.9 Å². The lowest BCUT2D eigenvalue weighted by atomic mass is 10.0. The molecule has 0 saturated heterocycles. The molecule has 4 heteroatoms. The SMILES string of the molecule is CC1CCCC1N1CCc2nc(-c3ccccc3Cl)[nH]c2C1. The maximum atomic E-state index is 6.30. The van der Waals surface area contributed by atoms with Crippen molar-refractivity contribution in [1.29, 1.82) is 0 Å². The molecule has 1 fully saturated rings. The van der Waals surface area contributed by atoms with E-state index in [2.05, 4.69) is 16.8 Å². The highest BCUT2D eigenvalue weighted by Crippen LogP contribution is 2.33. The zero-order valence-corrected chi connectivity index (χ0v) is 13.7. The Hall–Kier alpha value is -1.32. The third-order valence-electron chi connectivity index (χ3n) is 5.28. The highest BCUT2D eigenvalue weighted by Gasteiger charge is 2.32. The lowest BCUT2D eigenvalue weighted by Gasteiger charge is -2.34. The van der Waals surface area contributed by atoms with Gasteiger partial charge in [-0.1, -0.05) is 37.1 Å². The fourth-order valence-electron chi connectivity index (χ4n) is 4.05. The van der Waals surface area contributed by atoms with Crippen LogP contribution in [0, 0.1) is 5.92 Å². The molecule has 2 atom stereocenters. The second kappa shape index (κ2) is 5.71. The van der Waals surface area contributed by atoms with E-state index in [-0.39, 0.29) is 0 Å². The number of aromatic nitrogens is 2. The van der Waals surface area contributed by atoms with Crippen LogP contribution in [0.15, 0.2) is 24.3 Å². The predicted octanol–water partition coefficient (Wildman–Crippen LogP) is 4.28. The van der Waals surface area contributed by atoms with Crippen molar-refractivity contribution >= 4 is 11.6 Å². The van der Waals surface area contributed by atoms with Crippen LogP contribution in [0.5, 0.6) is 0 Å². The van der Waals surface area contributed by atoms with Gasteiger partial charge >= 0.3 is 0 Å². The molecule has 2 heterocycles. The van der Waals surface area contributed by atoms with Gasteiger partial charge in [-0.25, -0.2) is 4.98 Å². The average molecular weight is 316 g/mol. The van der Waals surface area contributed by atoms with Crippen LogP contribution in [0.25, 0.3) is 11.4 Å². The van der Waals surface area contributed by atoms with Gasteiger partial charge in [0, 0.05) is 31.1 Å². The summed E-state index contributed by atoms with van der Waals surface area (Å²) < 4.78 is 0. The zero-order chi connectivity index (χ0) is 15.1. The summed E-state index contributed by atoms with van der Waals surface area (Å²) >= 11 is 6.30. The largest absolute Gasteiger partial charge is 0.340 e. The Morgan fingerprint density at radius 3 is 2.91 bits per heavy atom. The number of aromatic amines is 1. The number of hydrogen-bond acceptors (Lipinski definition) is 2. The predicted molar refractivity (Wildman–Crippen MR) is 90.0 cm³/mol. The first kappa shape index (κ1) is 14.3. The molecule has 1 aromatic carbocycles. The molecule has 116 valence electrons. The molecule has 0 radical (unpaired) electrons. The Morgan fingerprint density at radius 1 is 1.27 bits per heavy atom. The van der Waals surface area contributed by atoms with Crippen LogP contribution in [0.1, 0.15) is 37.6 Å². The van der Waals surface area contributed by atoms with Gasteiger partial charge in [0.1, 0.15) is 5.82 Å². The van der Waals surface area contributed by atoms with Gasteiger partial charge in [-0.2, -0.15) is 0 Å². The van der Waals surface area contributed by atoms with Crippen molar-refractivity contribution in [3.8, 4) is 11.4 Å². The second-order valence-electron chi connectivity index (χ2n) is 6.69. The van der Waals surface area contributed by atoms with E-state index >= 15 is 0 Å². The number of imidazole rings is 1. The van der Waals surface area contributed by atoms with E-state index in [4.69, 9.17) is 16.6 Å². The monoisotopic (exact) mass is 315 g/mol. The van der Waals surface area contributed by atoms with Crippen LogP contribution in [0.2, 0.25) is 5.02 Å². The molecule has 1 aliphatic carbocycles. The minimum absolute atomic E-state index is 0.750. The van der Waals surface area contributed by atoms with Gasteiger partial charge in [0.05, 0.1) is 16.4 Å². The minimum Gasteiger partial charge on any atom is -0.340 e. The molecule has 4 rings (SSSR count). The van der Waals surface area contributed by atoms with Crippen molar-refractivity contribution < 1.29 is 0 Å². The van der Waals surface area contributed by atoms with Gasteiger partial charge in [-0.3, -0.25) is 4.90 Å². The number of rotatable bonds is 2. The second-order valence-corrected chi connectivity index (χ2v) is 7.09. The van der Waals surface area contributed by atoms with E-state index in [9.17, 15) is 0 Å². The molecule has 1 aliphatic heterocycles. The molecule has 1 N–H and O–H groups in total. The number of nitrogens with zero attached hydrogens (tertiary/aromatic N) is 2. The number of fused-ring (bicyclic) bond motifs is 1. The maximum absolute atomic E-state index is 6.30. The first-order chi connectivity index (χ1) is 10.7. The topological polar surface area (TPSA) is 31.9 Å². The number of H-pyrrole nitrogens is 1. The van der Waals surface area contributed by atoms with Gasteiger partial charge in [0.25, 0.3) is 0 Å². The normalized spacial score (nSPS) is 25.4. The summed E-state index contributed by atoms with van der Waals surface area (Å²) in [7, 11) is 0. The van der Waals surface area contributed by atoms with Crippen LogP contribution in [-0.2, 0) is 13.0 Å². The van der Waals surface area contributed by atoms with Crippen LogP contribution < -0.4 is 0 Å². The van der Waals surface area contributed by atoms with E-state index in [1.165, 1.54) is 30.7 Å². The molecule has 0 bridgehead atoms. The summed E-state index contributed by atoms with van der Waals surface area (Å²) in [5.74, 6) is 1.74. The number of benzene rings is 1. The van der Waals surface area contributed by atoms with Crippen LogP contribution in [0.3, 0.4) is 0 Å². The van der Waals surface area contributed by atoms with Crippen molar-refractivity contribution in [3.63, 3.8) is 0 Å². The Bertz CT molecular complexity index is 679. The van der Waals surface area contributed by atoms with Gasteiger partial charge in [0.2, 0.25) is 0 Å². The van der Waals surface area contributed by atoms with E-state index in [0.717, 1.165) is 47.9 Å². The number of hydrogen-bond donors (Lipinski definition) is 1. The first-order valence-corrected chi connectivity index (χ1v) is 8.67.